The number of nitrogens with two attached hydrogens (primary N) is 1. The molecular weight excluding hydrogens is 210 g/mol. The number of ether oxygens (including phenoxy) is 1. The molecule has 0 aliphatic carbocycles. The fraction of sp³-hybridized carbons (Fsp3) is 0.333. The van der Waals surface area contributed by atoms with Crippen LogP contribution in [-0.4, -0.2) is 6.10 Å². The third-order valence-corrected chi connectivity index (χ3v) is 3.10. The summed E-state index contributed by atoms with van der Waals surface area (Å²) in [5.41, 5.74) is 6.95. The van der Waals surface area contributed by atoms with Crippen molar-refractivity contribution in [2.75, 3.05) is 0 Å². The summed E-state index contributed by atoms with van der Waals surface area (Å²) in [7, 11) is 0. The first-order valence-corrected chi connectivity index (χ1v) is 6.13. The van der Waals surface area contributed by atoms with Crippen molar-refractivity contribution in [3.8, 4) is 5.75 Å². The molecule has 2 rings (SSSR count). The van der Waals surface area contributed by atoms with Crippen molar-refractivity contribution in [2.45, 2.75) is 32.9 Å². The van der Waals surface area contributed by atoms with Crippen molar-refractivity contribution < 1.29 is 4.74 Å². The molecule has 2 N–H and O–H groups in total. The average Bonchev–Trinajstić information content (AvgIpc) is 2.38. The molecule has 0 radical (unpaired) electrons. The van der Waals surface area contributed by atoms with Crippen LogP contribution in [0.4, 0.5) is 0 Å². The highest BCUT2D eigenvalue weighted by atomic mass is 16.5. The van der Waals surface area contributed by atoms with Crippen LogP contribution in [0.5, 0.6) is 5.75 Å². The second kappa shape index (κ2) is 5.19. The van der Waals surface area contributed by atoms with E-state index in [1.54, 1.807) is 0 Å². The zero-order chi connectivity index (χ0) is 12.3. The van der Waals surface area contributed by atoms with E-state index in [0.717, 1.165) is 17.7 Å². The Morgan fingerprint density at radius 3 is 2.65 bits per heavy atom. The van der Waals surface area contributed by atoms with Gasteiger partial charge in [0.05, 0.1) is 6.10 Å². The minimum absolute atomic E-state index is 0.224. The molecule has 2 nitrogen and oxygen atoms in total. The molecule has 0 bridgehead atoms. The van der Waals surface area contributed by atoms with Gasteiger partial charge in [-0.25, -0.2) is 0 Å². The van der Waals surface area contributed by atoms with E-state index in [1.807, 2.05) is 18.2 Å². The van der Waals surface area contributed by atoms with Gasteiger partial charge in [0.1, 0.15) is 5.75 Å². The van der Waals surface area contributed by atoms with Crippen LogP contribution in [-0.2, 0) is 6.54 Å². The first-order chi connectivity index (χ1) is 8.26. The SMILES string of the molecule is CCC(C)Oc1ccc2ccccc2c1CN. The van der Waals surface area contributed by atoms with E-state index in [4.69, 9.17) is 10.5 Å². The lowest BCUT2D eigenvalue weighted by Gasteiger charge is -2.17. The van der Waals surface area contributed by atoms with Crippen molar-refractivity contribution in [3.63, 3.8) is 0 Å². The number of hydrogen-bond donors (Lipinski definition) is 1. The van der Waals surface area contributed by atoms with Crippen LogP contribution >= 0.6 is 0 Å². The highest BCUT2D eigenvalue weighted by Crippen LogP contribution is 2.28. The fourth-order valence-corrected chi connectivity index (χ4v) is 1.94. The Balaban J connectivity index is 2.49. The molecule has 1 unspecified atom stereocenters. The monoisotopic (exact) mass is 229 g/mol. The van der Waals surface area contributed by atoms with Gasteiger partial charge in [-0.2, -0.15) is 0 Å². The summed E-state index contributed by atoms with van der Waals surface area (Å²) in [6.45, 7) is 4.70. The lowest BCUT2D eigenvalue weighted by molar-refractivity contribution is 0.215. The molecule has 0 aliphatic heterocycles. The van der Waals surface area contributed by atoms with E-state index >= 15 is 0 Å². The zero-order valence-electron chi connectivity index (χ0n) is 10.4. The molecule has 0 saturated carbocycles. The summed E-state index contributed by atoms with van der Waals surface area (Å²) in [5, 5.41) is 2.40. The van der Waals surface area contributed by atoms with Crippen molar-refractivity contribution in [3.05, 3.63) is 42.0 Å². The molecule has 0 spiro atoms. The van der Waals surface area contributed by atoms with Crippen molar-refractivity contribution in [1.82, 2.24) is 0 Å². The molecule has 2 heteroatoms. The predicted octanol–water partition coefficient (Wildman–Crippen LogP) is 3.48. The quantitative estimate of drug-likeness (QED) is 0.871. The minimum Gasteiger partial charge on any atom is -0.490 e. The molecular formula is C15H19NO. The summed E-state index contributed by atoms with van der Waals surface area (Å²) in [6, 6.07) is 12.4. The van der Waals surface area contributed by atoms with Crippen LogP contribution < -0.4 is 10.5 Å². The van der Waals surface area contributed by atoms with Gasteiger partial charge in [0, 0.05) is 12.1 Å². The standard InChI is InChI=1S/C15H19NO/c1-3-11(2)17-15-9-8-12-6-4-5-7-13(12)14(15)10-16/h4-9,11H,3,10,16H2,1-2H3. The lowest BCUT2D eigenvalue weighted by atomic mass is 10.0. The van der Waals surface area contributed by atoms with Gasteiger partial charge in [-0.15, -0.1) is 0 Å². The Labute approximate surface area is 102 Å². The predicted molar refractivity (Wildman–Crippen MR) is 72.2 cm³/mol. The summed E-state index contributed by atoms with van der Waals surface area (Å²) in [4.78, 5) is 0. The van der Waals surface area contributed by atoms with Crippen molar-refractivity contribution >= 4 is 10.8 Å². The minimum atomic E-state index is 0.224. The maximum absolute atomic E-state index is 5.91. The zero-order valence-corrected chi connectivity index (χ0v) is 10.4. The van der Waals surface area contributed by atoms with Crippen molar-refractivity contribution in [2.24, 2.45) is 5.73 Å². The Hall–Kier alpha value is -1.54. The second-order valence-corrected chi connectivity index (χ2v) is 4.30. The van der Waals surface area contributed by atoms with Gasteiger partial charge in [0.15, 0.2) is 0 Å². The Kier molecular flexibility index (Phi) is 3.64. The highest BCUT2D eigenvalue weighted by molar-refractivity contribution is 5.87. The molecule has 0 aromatic heterocycles. The fourth-order valence-electron chi connectivity index (χ4n) is 1.94. The maximum atomic E-state index is 5.91. The molecule has 0 amide bonds. The van der Waals surface area contributed by atoms with Crippen LogP contribution in [0.3, 0.4) is 0 Å². The number of rotatable bonds is 4. The van der Waals surface area contributed by atoms with E-state index in [-0.39, 0.29) is 6.10 Å². The molecule has 90 valence electrons. The van der Waals surface area contributed by atoms with E-state index in [9.17, 15) is 0 Å². The van der Waals surface area contributed by atoms with Crippen LogP contribution in [0, 0.1) is 0 Å². The molecule has 2 aromatic carbocycles. The number of benzene rings is 2. The van der Waals surface area contributed by atoms with Gasteiger partial charge in [-0.1, -0.05) is 37.3 Å². The van der Waals surface area contributed by atoms with E-state index in [2.05, 4.69) is 32.0 Å². The maximum Gasteiger partial charge on any atom is 0.124 e. The molecule has 0 fully saturated rings. The number of fused-ring (bicyclic) bond motifs is 1. The largest absolute Gasteiger partial charge is 0.490 e. The van der Waals surface area contributed by atoms with E-state index in [1.165, 1.54) is 10.8 Å². The topological polar surface area (TPSA) is 35.2 Å². The first-order valence-electron chi connectivity index (χ1n) is 6.13. The van der Waals surface area contributed by atoms with Gasteiger partial charge in [-0.05, 0) is 30.2 Å². The Morgan fingerprint density at radius 1 is 1.18 bits per heavy atom. The Bertz CT molecular complexity index is 507. The normalized spacial score (nSPS) is 12.6. The number of hydrogen-bond acceptors (Lipinski definition) is 2. The molecule has 0 aliphatic rings. The van der Waals surface area contributed by atoms with Gasteiger partial charge in [0.2, 0.25) is 0 Å². The van der Waals surface area contributed by atoms with E-state index < -0.39 is 0 Å². The molecule has 2 aromatic rings. The summed E-state index contributed by atoms with van der Waals surface area (Å²) < 4.78 is 5.91. The van der Waals surface area contributed by atoms with Crippen LogP contribution in [0.1, 0.15) is 25.8 Å². The van der Waals surface area contributed by atoms with Gasteiger partial charge >= 0.3 is 0 Å². The smallest absolute Gasteiger partial charge is 0.124 e. The molecule has 0 heterocycles. The molecule has 17 heavy (non-hydrogen) atoms. The van der Waals surface area contributed by atoms with Gasteiger partial charge in [-0.3, -0.25) is 0 Å². The average molecular weight is 229 g/mol. The molecule has 0 saturated heterocycles. The second-order valence-electron chi connectivity index (χ2n) is 4.30. The third-order valence-electron chi connectivity index (χ3n) is 3.10. The van der Waals surface area contributed by atoms with Gasteiger partial charge in [0.25, 0.3) is 0 Å². The highest BCUT2D eigenvalue weighted by Gasteiger charge is 2.09. The summed E-state index contributed by atoms with van der Waals surface area (Å²) in [6.07, 6.45) is 1.22. The Morgan fingerprint density at radius 2 is 1.94 bits per heavy atom. The van der Waals surface area contributed by atoms with Crippen LogP contribution in [0.2, 0.25) is 0 Å². The van der Waals surface area contributed by atoms with Crippen LogP contribution in [0.25, 0.3) is 10.8 Å². The summed E-state index contributed by atoms with van der Waals surface area (Å²) >= 11 is 0. The summed E-state index contributed by atoms with van der Waals surface area (Å²) in [5.74, 6) is 0.917. The third kappa shape index (κ3) is 2.42. The van der Waals surface area contributed by atoms with E-state index in [0.29, 0.717) is 6.54 Å². The lowest BCUT2D eigenvalue weighted by Crippen LogP contribution is -2.12. The first kappa shape index (κ1) is 11.9. The van der Waals surface area contributed by atoms with Gasteiger partial charge < -0.3 is 10.5 Å². The molecule has 1 atom stereocenters. The van der Waals surface area contributed by atoms with Crippen LogP contribution in [0.15, 0.2) is 36.4 Å². The van der Waals surface area contributed by atoms with Crippen molar-refractivity contribution in [1.29, 1.82) is 0 Å².